The molecule has 4 rings (SSSR count). The maximum absolute atomic E-state index is 13.9. The second-order valence-corrected chi connectivity index (χ2v) is 11.0. The molecule has 0 unspecified atom stereocenters. The van der Waals surface area contributed by atoms with Crippen LogP contribution in [0.3, 0.4) is 0 Å². The predicted molar refractivity (Wildman–Crippen MR) is 140 cm³/mol. The van der Waals surface area contributed by atoms with Gasteiger partial charge in [-0.2, -0.15) is 0 Å². The quantitative estimate of drug-likeness (QED) is 0.259. The smallest absolute Gasteiger partial charge is 0.168 e. The first-order valence-corrected chi connectivity index (χ1v) is 12.7. The molecule has 5 heteroatoms. The molecule has 1 aromatic heterocycles. The molecule has 0 aliphatic heterocycles. The van der Waals surface area contributed by atoms with Crippen molar-refractivity contribution in [1.29, 1.82) is 0 Å². The summed E-state index contributed by atoms with van der Waals surface area (Å²) in [4.78, 5) is 13.9. The largest absolute Gasteiger partial charge is 0.497 e. The van der Waals surface area contributed by atoms with Crippen molar-refractivity contribution < 1.29 is 19.4 Å². The molecule has 1 heterocycles. The number of carbonyl (C=O) groups is 1. The fourth-order valence-electron chi connectivity index (χ4n) is 5.04. The second-order valence-electron chi connectivity index (χ2n) is 11.0. The van der Waals surface area contributed by atoms with Crippen LogP contribution in [0.4, 0.5) is 0 Å². The molecule has 0 amide bonds. The molecular weight excluding hydrogens is 438 g/mol. The molecule has 1 saturated carbocycles. The topological polar surface area (TPSA) is 60.7 Å². The number of ketones is 1. The maximum atomic E-state index is 13.9. The fraction of sp³-hybridized carbons (Fsp3) is 0.500. The summed E-state index contributed by atoms with van der Waals surface area (Å²) in [5.41, 5.74) is 5.21. The van der Waals surface area contributed by atoms with Gasteiger partial charge in [-0.05, 0) is 66.0 Å². The van der Waals surface area contributed by atoms with E-state index < -0.39 is 0 Å². The number of rotatable bonds is 11. The molecule has 1 fully saturated rings. The fourth-order valence-corrected chi connectivity index (χ4v) is 5.04. The van der Waals surface area contributed by atoms with E-state index >= 15 is 0 Å². The molecule has 1 aliphatic carbocycles. The molecule has 1 N–H and O–H groups in total. The Morgan fingerprint density at radius 3 is 2.43 bits per heavy atom. The SMILES string of the molecule is COc1ccc(Cn2c(CC(C)(C)COCO)c(C(=O)C3CCC3)c3cc(C(C)C)ccc32)cc1. The van der Waals surface area contributed by atoms with Gasteiger partial charge in [-0.1, -0.05) is 52.3 Å². The van der Waals surface area contributed by atoms with E-state index in [1.165, 1.54) is 5.56 Å². The molecule has 188 valence electrons. The number of aliphatic hydroxyl groups excluding tert-OH is 1. The Morgan fingerprint density at radius 2 is 1.86 bits per heavy atom. The van der Waals surface area contributed by atoms with Crippen molar-refractivity contribution in [2.45, 2.75) is 65.8 Å². The Balaban J connectivity index is 1.90. The minimum Gasteiger partial charge on any atom is -0.497 e. The number of ether oxygens (including phenoxy) is 2. The predicted octanol–water partition coefficient (Wildman–Crippen LogP) is 6.34. The minimum atomic E-state index is -0.302. The Morgan fingerprint density at radius 1 is 1.14 bits per heavy atom. The third-order valence-electron chi connectivity index (χ3n) is 7.31. The van der Waals surface area contributed by atoms with E-state index in [4.69, 9.17) is 9.47 Å². The number of methoxy groups -OCH3 is 1. The first-order chi connectivity index (χ1) is 16.7. The van der Waals surface area contributed by atoms with E-state index in [0.717, 1.165) is 52.7 Å². The van der Waals surface area contributed by atoms with Gasteiger partial charge >= 0.3 is 0 Å². The lowest BCUT2D eigenvalue weighted by molar-refractivity contribution is -0.0358. The number of carbonyl (C=O) groups excluding carboxylic acids is 1. The summed E-state index contributed by atoms with van der Waals surface area (Å²) >= 11 is 0. The minimum absolute atomic E-state index is 0.119. The summed E-state index contributed by atoms with van der Waals surface area (Å²) in [6.07, 6.45) is 3.76. The lowest BCUT2D eigenvalue weighted by Crippen LogP contribution is -2.27. The number of hydrogen-bond donors (Lipinski definition) is 1. The first kappa shape index (κ1) is 25.5. The van der Waals surface area contributed by atoms with Gasteiger partial charge in [-0.3, -0.25) is 4.79 Å². The van der Waals surface area contributed by atoms with Crippen LogP contribution in [0.15, 0.2) is 42.5 Å². The van der Waals surface area contributed by atoms with Crippen molar-refractivity contribution in [3.63, 3.8) is 0 Å². The lowest BCUT2D eigenvalue weighted by Gasteiger charge is -2.28. The van der Waals surface area contributed by atoms with Gasteiger partial charge in [0.1, 0.15) is 12.5 Å². The Bertz CT molecular complexity index is 1170. The highest BCUT2D eigenvalue weighted by atomic mass is 16.6. The monoisotopic (exact) mass is 477 g/mol. The molecule has 2 aromatic carbocycles. The van der Waals surface area contributed by atoms with Crippen LogP contribution in [0.1, 0.15) is 80.1 Å². The highest BCUT2D eigenvalue weighted by molar-refractivity contribution is 6.11. The van der Waals surface area contributed by atoms with Crippen LogP contribution in [0, 0.1) is 11.3 Å². The van der Waals surface area contributed by atoms with Crippen molar-refractivity contribution in [2.24, 2.45) is 11.3 Å². The molecule has 1 aliphatic rings. The molecule has 5 nitrogen and oxygen atoms in total. The van der Waals surface area contributed by atoms with Crippen molar-refractivity contribution in [2.75, 3.05) is 20.5 Å². The second kappa shape index (κ2) is 10.5. The molecule has 0 bridgehead atoms. The molecule has 0 atom stereocenters. The van der Waals surface area contributed by atoms with Crippen LogP contribution in [0.2, 0.25) is 0 Å². The highest BCUT2D eigenvalue weighted by Crippen LogP contribution is 2.39. The van der Waals surface area contributed by atoms with E-state index in [9.17, 15) is 9.90 Å². The maximum Gasteiger partial charge on any atom is 0.168 e. The summed E-state index contributed by atoms with van der Waals surface area (Å²) in [6.45, 7) is 9.44. The van der Waals surface area contributed by atoms with Gasteiger partial charge in [0, 0.05) is 34.6 Å². The van der Waals surface area contributed by atoms with Crippen molar-refractivity contribution >= 4 is 16.7 Å². The summed E-state index contributed by atoms with van der Waals surface area (Å²) in [6, 6.07) is 14.8. The van der Waals surface area contributed by atoms with Gasteiger partial charge in [0.15, 0.2) is 5.78 Å². The van der Waals surface area contributed by atoms with Crippen LogP contribution in [0.25, 0.3) is 10.9 Å². The zero-order valence-electron chi connectivity index (χ0n) is 21.8. The zero-order valence-corrected chi connectivity index (χ0v) is 21.8. The zero-order chi connectivity index (χ0) is 25.2. The Kier molecular flexibility index (Phi) is 7.67. The molecule has 0 saturated heterocycles. The number of Topliss-reactive ketones (excluding diaryl/α,β-unsaturated/α-hetero) is 1. The number of hydrogen-bond acceptors (Lipinski definition) is 4. The van der Waals surface area contributed by atoms with Crippen LogP contribution in [-0.4, -0.2) is 36.0 Å². The van der Waals surface area contributed by atoms with Gasteiger partial charge in [0.05, 0.1) is 13.7 Å². The van der Waals surface area contributed by atoms with Crippen molar-refractivity contribution in [3.05, 3.63) is 64.8 Å². The standard InChI is InChI=1S/C30H39NO4/c1-20(2)23-11-14-26-25(15-23)28(29(33)22-7-6-8-22)27(16-30(3,4)18-35-19-32)31(26)17-21-9-12-24(34-5)13-10-21/h9-15,20,22,32H,6-8,16-19H2,1-5H3. The third-order valence-corrected chi connectivity index (χ3v) is 7.31. The Hall–Kier alpha value is -2.63. The average molecular weight is 478 g/mol. The Labute approximate surface area is 209 Å². The van der Waals surface area contributed by atoms with E-state index in [-0.39, 0.29) is 23.9 Å². The normalized spacial score (nSPS) is 14.5. The summed E-state index contributed by atoms with van der Waals surface area (Å²) < 4.78 is 13.1. The molecule has 3 aromatic rings. The van der Waals surface area contributed by atoms with E-state index in [0.29, 0.717) is 25.5 Å². The van der Waals surface area contributed by atoms with E-state index in [2.05, 4.69) is 62.6 Å². The van der Waals surface area contributed by atoms with Gasteiger partial charge in [0.25, 0.3) is 0 Å². The first-order valence-electron chi connectivity index (χ1n) is 12.7. The molecular formula is C30H39NO4. The third kappa shape index (κ3) is 5.46. The van der Waals surface area contributed by atoms with E-state index in [1.807, 2.05) is 12.1 Å². The molecule has 0 spiro atoms. The number of aromatic nitrogens is 1. The van der Waals surface area contributed by atoms with Gasteiger partial charge in [-0.25, -0.2) is 0 Å². The van der Waals surface area contributed by atoms with Crippen LogP contribution in [-0.2, 0) is 17.7 Å². The summed E-state index contributed by atoms with van der Waals surface area (Å²) in [5.74, 6) is 1.61. The van der Waals surface area contributed by atoms with Gasteiger partial charge in [-0.15, -0.1) is 0 Å². The lowest BCUT2D eigenvalue weighted by atomic mass is 9.78. The van der Waals surface area contributed by atoms with Gasteiger partial charge in [0.2, 0.25) is 0 Å². The molecule has 0 radical (unpaired) electrons. The average Bonchev–Trinajstić information content (AvgIpc) is 3.08. The molecule has 35 heavy (non-hydrogen) atoms. The summed E-state index contributed by atoms with van der Waals surface area (Å²) in [5, 5.41) is 10.3. The van der Waals surface area contributed by atoms with Crippen LogP contribution in [0.5, 0.6) is 5.75 Å². The van der Waals surface area contributed by atoms with Crippen LogP contribution >= 0.6 is 0 Å². The van der Waals surface area contributed by atoms with E-state index in [1.54, 1.807) is 7.11 Å². The van der Waals surface area contributed by atoms with Crippen LogP contribution < -0.4 is 4.74 Å². The highest BCUT2D eigenvalue weighted by Gasteiger charge is 2.34. The number of fused-ring (bicyclic) bond motifs is 1. The van der Waals surface area contributed by atoms with Crippen molar-refractivity contribution in [1.82, 2.24) is 4.57 Å². The van der Waals surface area contributed by atoms with Gasteiger partial charge < -0.3 is 19.1 Å². The summed E-state index contributed by atoms with van der Waals surface area (Å²) in [7, 11) is 1.67. The number of nitrogens with zero attached hydrogens (tertiary/aromatic N) is 1. The number of aliphatic hydroxyl groups is 1. The van der Waals surface area contributed by atoms with Crippen molar-refractivity contribution in [3.8, 4) is 5.75 Å². The number of benzene rings is 2.